The Labute approximate surface area is 136 Å². The highest BCUT2D eigenvalue weighted by molar-refractivity contribution is 6.32. The first kappa shape index (κ1) is 16.3. The van der Waals surface area contributed by atoms with Crippen molar-refractivity contribution < 1.29 is 0 Å². The van der Waals surface area contributed by atoms with Crippen molar-refractivity contribution in [2.75, 3.05) is 6.54 Å². The molecule has 0 aliphatic heterocycles. The van der Waals surface area contributed by atoms with Gasteiger partial charge in [-0.3, -0.25) is 4.68 Å². The van der Waals surface area contributed by atoms with Gasteiger partial charge in [0.1, 0.15) is 0 Å². The lowest BCUT2D eigenvalue weighted by molar-refractivity contribution is 0.472. The largest absolute Gasteiger partial charge is 0.305 e. The number of nitrogens with zero attached hydrogens (tertiary/aromatic N) is 2. The van der Waals surface area contributed by atoms with Gasteiger partial charge in [-0.2, -0.15) is 5.10 Å². The molecule has 1 heterocycles. The van der Waals surface area contributed by atoms with Crippen LogP contribution in [-0.2, 0) is 0 Å². The summed E-state index contributed by atoms with van der Waals surface area (Å²) < 4.78 is 1.96. The standard InChI is InChI=1S/C16H21Cl2N3/c1-4-9-19-15(12-7-5-6-8-13(12)17)16-14(18)10-20-21(16)11(2)3/h5-8,10-11,15,19H,4,9H2,1-3H3. The fraction of sp³-hybridized carbons (Fsp3) is 0.438. The Kier molecular flexibility index (Phi) is 5.68. The van der Waals surface area contributed by atoms with E-state index in [0.717, 1.165) is 29.2 Å². The van der Waals surface area contributed by atoms with Gasteiger partial charge in [0.2, 0.25) is 0 Å². The molecule has 3 nitrogen and oxygen atoms in total. The van der Waals surface area contributed by atoms with Crippen molar-refractivity contribution in [1.82, 2.24) is 15.1 Å². The molecule has 1 aromatic carbocycles. The second-order valence-electron chi connectivity index (χ2n) is 5.32. The predicted molar refractivity (Wildman–Crippen MR) is 89.2 cm³/mol. The van der Waals surface area contributed by atoms with Crippen molar-refractivity contribution in [2.24, 2.45) is 0 Å². The lowest BCUT2D eigenvalue weighted by Gasteiger charge is -2.23. The van der Waals surface area contributed by atoms with Gasteiger partial charge in [-0.1, -0.05) is 48.3 Å². The minimum atomic E-state index is -0.0592. The Hall–Kier alpha value is -1.03. The van der Waals surface area contributed by atoms with E-state index in [2.05, 4.69) is 31.2 Å². The van der Waals surface area contributed by atoms with Crippen LogP contribution < -0.4 is 5.32 Å². The van der Waals surface area contributed by atoms with E-state index in [0.29, 0.717) is 5.02 Å². The molecule has 0 saturated carbocycles. The van der Waals surface area contributed by atoms with Crippen molar-refractivity contribution in [3.8, 4) is 0 Å². The van der Waals surface area contributed by atoms with Gasteiger partial charge in [-0.25, -0.2) is 0 Å². The second-order valence-corrected chi connectivity index (χ2v) is 6.14. The summed E-state index contributed by atoms with van der Waals surface area (Å²) in [5.74, 6) is 0. The lowest BCUT2D eigenvalue weighted by atomic mass is 10.0. The summed E-state index contributed by atoms with van der Waals surface area (Å²) in [5.41, 5.74) is 1.99. The minimum absolute atomic E-state index is 0.0592. The first-order valence-corrected chi connectivity index (χ1v) is 8.02. The maximum absolute atomic E-state index is 6.40. The molecular formula is C16H21Cl2N3. The third-order valence-electron chi connectivity index (χ3n) is 3.36. The van der Waals surface area contributed by atoms with Crippen molar-refractivity contribution in [1.29, 1.82) is 0 Å². The molecule has 0 radical (unpaired) electrons. The summed E-state index contributed by atoms with van der Waals surface area (Å²) in [6.45, 7) is 7.21. The number of rotatable bonds is 6. The average molecular weight is 326 g/mol. The van der Waals surface area contributed by atoms with Gasteiger partial charge in [-0.15, -0.1) is 0 Å². The van der Waals surface area contributed by atoms with Gasteiger partial charge in [0.15, 0.2) is 0 Å². The van der Waals surface area contributed by atoms with Gasteiger partial charge in [0.05, 0.1) is 23.0 Å². The molecule has 1 aromatic heterocycles. The first-order valence-electron chi connectivity index (χ1n) is 7.27. The highest BCUT2D eigenvalue weighted by Crippen LogP contribution is 2.33. The Morgan fingerprint density at radius 1 is 1.19 bits per heavy atom. The van der Waals surface area contributed by atoms with Crippen molar-refractivity contribution >= 4 is 23.2 Å². The highest BCUT2D eigenvalue weighted by Gasteiger charge is 2.24. The quantitative estimate of drug-likeness (QED) is 0.821. The average Bonchev–Trinajstić information content (AvgIpc) is 2.83. The van der Waals surface area contributed by atoms with Gasteiger partial charge in [0.25, 0.3) is 0 Å². The van der Waals surface area contributed by atoms with Crippen LogP contribution >= 0.6 is 23.2 Å². The van der Waals surface area contributed by atoms with Gasteiger partial charge >= 0.3 is 0 Å². The molecule has 0 aliphatic rings. The fourth-order valence-electron chi connectivity index (χ4n) is 2.38. The van der Waals surface area contributed by atoms with Crippen molar-refractivity contribution in [3.63, 3.8) is 0 Å². The van der Waals surface area contributed by atoms with Crippen molar-refractivity contribution in [3.05, 3.63) is 51.8 Å². The highest BCUT2D eigenvalue weighted by atomic mass is 35.5. The number of hydrogen-bond donors (Lipinski definition) is 1. The molecule has 0 amide bonds. The second kappa shape index (κ2) is 7.30. The predicted octanol–water partition coefficient (Wildman–Crippen LogP) is 4.86. The number of aromatic nitrogens is 2. The summed E-state index contributed by atoms with van der Waals surface area (Å²) >= 11 is 12.8. The molecule has 1 atom stereocenters. The Bertz CT molecular complexity index is 593. The van der Waals surface area contributed by atoms with Crippen molar-refractivity contribution in [2.45, 2.75) is 39.3 Å². The van der Waals surface area contributed by atoms with Crippen LogP contribution in [0.1, 0.15) is 50.5 Å². The molecule has 2 aromatic rings. The zero-order valence-corrected chi connectivity index (χ0v) is 14.1. The minimum Gasteiger partial charge on any atom is -0.305 e. The molecule has 0 aliphatic carbocycles. The number of benzene rings is 1. The van der Waals surface area contributed by atoms with Crippen LogP contribution in [0.25, 0.3) is 0 Å². The van der Waals surface area contributed by atoms with E-state index in [1.807, 2.05) is 28.9 Å². The lowest BCUT2D eigenvalue weighted by Crippen LogP contribution is -2.27. The Balaban J connectivity index is 2.51. The molecule has 114 valence electrons. The number of halogens is 2. The molecule has 0 saturated heterocycles. The molecule has 0 spiro atoms. The monoisotopic (exact) mass is 325 g/mol. The van der Waals surface area contributed by atoms with E-state index in [4.69, 9.17) is 23.2 Å². The molecule has 21 heavy (non-hydrogen) atoms. The molecule has 5 heteroatoms. The SMILES string of the molecule is CCCNC(c1ccccc1Cl)c1c(Cl)cnn1C(C)C. The van der Waals surface area contributed by atoms with E-state index in [-0.39, 0.29) is 12.1 Å². The topological polar surface area (TPSA) is 29.9 Å². The third-order valence-corrected chi connectivity index (χ3v) is 4.00. The summed E-state index contributed by atoms with van der Waals surface area (Å²) in [7, 11) is 0. The maximum atomic E-state index is 6.40. The van der Waals surface area contributed by atoms with E-state index in [1.165, 1.54) is 0 Å². The molecule has 1 unspecified atom stereocenters. The van der Waals surface area contributed by atoms with Crippen LogP contribution in [0.5, 0.6) is 0 Å². The number of hydrogen-bond acceptors (Lipinski definition) is 2. The fourth-order valence-corrected chi connectivity index (χ4v) is 2.87. The molecule has 2 rings (SSSR count). The summed E-state index contributed by atoms with van der Waals surface area (Å²) in [5, 5.41) is 9.34. The summed E-state index contributed by atoms with van der Waals surface area (Å²) in [6, 6.07) is 8.04. The van der Waals surface area contributed by atoms with Crippen LogP contribution in [0.2, 0.25) is 10.0 Å². The first-order chi connectivity index (χ1) is 10.1. The molecule has 0 bridgehead atoms. The van der Waals surface area contributed by atoms with Crippen LogP contribution in [-0.4, -0.2) is 16.3 Å². The van der Waals surface area contributed by atoms with E-state index >= 15 is 0 Å². The van der Waals surface area contributed by atoms with Crippen LogP contribution in [0.4, 0.5) is 0 Å². The Morgan fingerprint density at radius 2 is 1.90 bits per heavy atom. The van der Waals surface area contributed by atoms with Gasteiger partial charge < -0.3 is 5.32 Å². The zero-order chi connectivity index (χ0) is 15.4. The maximum Gasteiger partial charge on any atom is 0.0837 e. The molecule has 0 fully saturated rings. The van der Waals surface area contributed by atoms with Gasteiger partial charge in [-0.05, 0) is 38.4 Å². The van der Waals surface area contributed by atoms with E-state index in [9.17, 15) is 0 Å². The zero-order valence-electron chi connectivity index (χ0n) is 12.6. The molecule has 1 N–H and O–H groups in total. The third kappa shape index (κ3) is 3.60. The van der Waals surface area contributed by atoms with Gasteiger partial charge in [0, 0.05) is 11.1 Å². The van der Waals surface area contributed by atoms with Crippen LogP contribution in [0.3, 0.4) is 0 Å². The summed E-state index contributed by atoms with van der Waals surface area (Å²) in [4.78, 5) is 0. The van der Waals surface area contributed by atoms with E-state index < -0.39 is 0 Å². The molecular weight excluding hydrogens is 305 g/mol. The summed E-state index contributed by atoms with van der Waals surface area (Å²) in [6.07, 6.45) is 2.74. The van der Waals surface area contributed by atoms with E-state index in [1.54, 1.807) is 6.20 Å². The van der Waals surface area contributed by atoms with Crippen LogP contribution in [0.15, 0.2) is 30.5 Å². The normalized spacial score (nSPS) is 12.9. The smallest absolute Gasteiger partial charge is 0.0837 e. The van der Waals surface area contributed by atoms with Crippen LogP contribution in [0, 0.1) is 0 Å². The number of nitrogens with one attached hydrogen (secondary N) is 1. The Morgan fingerprint density at radius 3 is 2.52 bits per heavy atom.